The monoisotopic (exact) mass is 582 g/mol. The van der Waals surface area contributed by atoms with Crippen LogP contribution < -0.4 is 14.4 Å². The summed E-state index contributed by atoms with van der Waals surface area (Å²) in [6, 6.07) is 16.1. The van der Waals surface area contributed by atoms with Crippen LogP contribution in [-0.4, -0.2) is 57.2 Å². The Hall–Kier alpha value is -3.26. The van der Waals surface area contributed by atoms with E-state index < -0.39 is 5.41 Å². The molecule has 2 heterocycles. The summed E-state index contributed by atoms with van der Waals surface area (Å²) in [7, 11) is 4.82. The molecule has 0 spiro atoms. The summed E-state index contributed by atoms with van der Waals surface area (Å²) in [6.07, 6.45) is 1.82. The maximum Gasteiger partial charge on any atom is 0.254 e. The third-order valence-corrected chi connectivity index (χ3v) is 8.60. The van der Waals surface area contributed by atoms with Crippen molar-refractivity contribution < 1.29 is 23.8 Å². The van der Waals surface area contributed by atoms with Crippen LogP contribution in [0.15, 0.2) is 54.6 Å². The maximum absolute atomic E-state index is 14.4. The zero-order valence-electron chi connectivity index (χ0n) is 23.0. The molecule has 0 saturated carbocycles. The van der Waals surface area contributed by atoms with Crippen molar-refractivity contribution in [2.45, 2.75) is 37.8 Å². The molecule has 0 bridgehead atoms. The van der Waals surface area contributed by atoms with E-state index in [0.717, 1.165) is 29.7 Å². The molecule has 5 rings (SSSR count). The molecule has 7 nitrogen and oxygen atoms in total. The third kappa shape index (κ3) is 4.80. The number of anilines is 1. The van der Waals surface area contributed by atoms with Gasteiger partial charge in [0, 0.05) is 46.6 Å². The molecule has 2 aliphatic heterocycles. The van der Waals surface area contributed by atoms with Gasteiger partial charge in [0.2, 0.25) is 5.91 Å². The quantitative estimate of drug-likeness (QED) is 0.320. The SMILES string of the molecule is COCC1CCCN1C(=O)c1ccc(Cl)c(C2(C)C(=O)N(Cc3ccc(OC)cc3OC)c3ccc(Cl)cc32)c1. The van der Waals surface area contributed by atoms with Crippen LogP contribution in [0.2, 0.25) is 10.0 Å². The Kier molecular flexibility index (Phi) is 8.00. The number of rotatable bonds is 8. The molecule has 3 aromatic carbocycles. The van der Waals surface area contributed by atoms with E-state index in [2.05, 4.69) is 0 Å². The van der Waals surface area contributed by atoms with Crippen molar-refractivity contribution in [2.75, 3.05) is 39.4 Å². The topological polar surface area (TPSA) is 68.3 Å². The molecule has 0 N–H and O–H groups in total. The van der Waals surface area contributed by atoms with E-state index in [4.69, 9.17) is 37.4 Å². The molecule has 2 aliphatic rings. The van der Waals surface area contributed by atoms with Gasteiger partial charge in [-0.2, -0.15) is 0 Å². The molecule has 2 atom stereocenters. The number of hydrogen-bond acceptors (Lipinski definition) is 5. The van der Waals surface area contributed by atoms with Crippen molar-refractivity contribution in [3.63, 3.8) is 0 Å². The highest BCUT2D eigenvalue weighted by atomic mass is 35.5. The number of likely N-dealkylation sites (tertiary alicyclic amines) is 1. The van der Waals surface area contributed by atoms with Gasteiger partial charge in [0.25, 0.3) is 5.91 Å². The number of hydrogen-bond donors (Lipinski definition) is 0. The molecule has 0 radical (unpaired) electrons. The van der Waals surface area contributed by atoms with Gasteiger partial charge in [-0.05, 0) is 79.4 Å². The summed E-state index contributed by atoms with van der Waals surface area (Å²) >= 11 is 13.2. The predicted octanol–water partition coefficient (Wildman–Crippen LogP) is 6.11. The van der Waals surface area contributed by atoms with Crippen LogP contribution in [-0.2, 0) is 21.5 Å². The standard InChI is InChI=1S/C31H32Cl2N2O5/c1-31(24-14-19(8-11-26(24)33)29(36)34-13-5-6-22(34)18-38-2)25-15-21(32)9-12-27(25)35(30(31)37)17-20-7-10-23(39-3)16-28(20)40-4/h7-12,14-16,22H,5-6,13,17-18H2,1-4H3. The van der Waals surface area contributed by atoms with Gasteiger partial charge < -0.3 is 24.0 Å². The molecule has 0 aromatic heterocycles. The average Bonchev–Trinajstić information content (AvgIpc) is 3.50. The second-order valence-electron chi connectivity index (χ2n) is 10.3. The molecule has 1 saturated heterocycles. The molecule has 2 unspecified atom stereocenters. The number of carbonyl (C=O) groups is 2. The summed E-state index contributed by atoms with van der Waals surface area (Å²) in [5, 5.41) is 0.904. The molecule has 0 aliphatic carbocycles. The summed E-state index contributed by atoms with van der Waals surface area (Å²) in [5.74, 6) is 0.993. The van der Waals surface area contributed by atoms with Crippen molar-refractivity contribution in [2.24, 2.45) is 0 Å². The second-order valence-corrected chi connectivity index (χ2v) is 11.1. The first-order valence-electron chi connectivity index (χ1n) is 13.2. The molecular formula is C31H32Cl2N2O5. The lowest BCUT2D eigenvalue weighted by Gasteiger charge is -2.28. The fourth-order valence-corrected chi connectivity index (χ4v) is 6.36. The Morgan fingerprint density at radius 3 is 2.52 bits per heavy atom. The van der Waals surface area contributed by atoms with Crippen LogP contribution in [0, 0.1) is 0 Å². The van der Waals surface area contributed by atoms with Gasteiger partial charge in [0.1, 0.15) is 16.9 Å². The van der Waals surface area contributed by atoms with Crippen LogP contribution >= 0.6 is 23.2 Å². The van der Waals surface area contributed by atoms with Gasteiger partial charge in [-0.15, -0.1) is 0 Å². The normalized spacial score (nSPS) is 20.1. The Morgan fingerprint density at radius 1 is 1.00 bits per heavy atom. The number of carbonyl (C=O) groups excluding carboxylic acids is 2. The Bertz CT molecular complexity index is 1460. The number of fused-ring (bicyclic) bond motifs is 1. The van der Waals surface area contributed by atoms with Crippen molar-refractivity contribution >= 4 is 40.7 Å². The highest BCUT2D eigenvalue weighted by Crippen LogP contribution is 2.49. The maximum atomic E-state index is 14.4. The van der Waals surface area contributed by atoms with Crippen molar-refractivity contribution in [3.8, 4) is 11.5 Å². The van der Waals surface area contributed by atoms with Crippen molar-refractivity contribution in [1.29, 1.82) is 0 Å². The number of amides is 2. The zero-order chi connectivity index (χ0) is 28.6. The van der Waals surface area contributed by atoms with E-state index in [1.807, 2.05) is 30.0 Å². The number of methoxy groups -OCH3 is 3. The fraction of sp³-hybridized carbons (Fsp3) is 0.355. The molecule has 210 valence electrons. The molecule has 3 aromatic rings. The Balaban J connectivity index is 1.57. The van der Waals surface area contributed by atoms with Crippen molar-refractivity contribution in [1.82, 2.24) is 4.90 Å². The van der Waals surface area contributed by atoms with Crippen LogP contribution in [0.4, 0.5) is 5.69 Å². The molecule has 40 heavy (non-hydrogen) atoms. The van der Waals surface area contributed by atoms with Crippen LogP contribution in [0.1, 0.15) is 46.8 Å². The Labute approximate surface area is 244 Å². The smallest absolute Gasteiger partial charge is 0.254 e. The molecule has 1 fully saturated rings. The van der Waals surface area contributed by atoms with Gasteiger partial charge >= 0.3 is 0 Å². The minimum absolute atomic E-state index is 0.0230. The lowest BCUT2D eigenvalue weighted by Crippen LogP contribution is -2.40. The predicted molar refractivity (Wildman–Crippen MR) is 156 cm³/mol. The van der Waals surface area contributed by atoms with Crippen LogP contribution in [0.5, 0.6) is 11.5 Å². The van der Waals surface area contributed by atoms with Gasteiger partial charge in [-0.1, -0.05) is 23.2 Å². The second kappa shape index (κ2) is 11.3. The largest absolute Gasteiger partial charge is 0.497 e. The van der Waals surface area contributed by atoms with E-state index in [-0.39, 0.29) is 24.4 Å². The number of benzene rings is 3. The first kappa shape index (κ1) is 28.3. The van der Waals surface area contributed by atoms with E-state index >= 15 is 0 Å². The molecular weight excluding hydrogens is 551 g/mol. The minimum atomic E-state index is -1.18. The first-order valence-corrected chi connectivity index (χ1v) is 13.9. The first-order chi connectivity index (χ1) is 19.2. The minimum Gasteiger partial charge on any atom is -0.497 e. The summed E-state index contributed by atoms with van der Waals surface area (Å²) in [4.78, 5) is 31.6. The van der Waals surface area contributed by atoms with E-state index in [1.165, 1.54) is 0 Å². The summed E-state index contributed by atoms with van der Waals surface area (Å²) < 4.78 is 16.3. The lowest BCUT2D eigenvalue weighted by molar-refractivity contribution is -0.121. The summed E-state index contributed by atoms with van der Waals surface area (Å²) in [6.45, 7) is 3.25. The van der Waals surface area contributed by atoms with Gasteiger partial charge in [0.15, 0.2) is 0 Å². The lowest BCUT2D eigenvalue weighted by atomic mass is 9.76. The fourth-order valence-electron chi connectivity index (χ4n) is 5.88. The third-order valence-electron chi connectivity index (χ3n) is 8.03. The van der Waals surface area contributed by atoms with E-state index in [0.29, 0.717) is 45.8 Å². The number of nitrogens with zero attached hydrogens (tertiary/aromatic N) is 2. The zero-order valence-corrected chi connectivity index (χ0v) is 24.5. The van der Waals surface area contributed by atoms with E-state index in [1.54, 1.807) is 62.6 Å². The van der Waals surface area contributed by atoms with Gasteiger partial charge in [0.05, 0.1) is 33.4 Å². The molecule has 2 amide bonds. The van der Waals surface area contributed by atoms with Gasteiger partial charge in [-0.25, -0.2) is 0 Å². The Morgan fingerprint density at radius 2 is 1.80 bits per heavy atom. The summed E-state index contributed by atoms with van der Waals surface area (Å²) in [5.41, 5.74) is 2.12. The van der Waals surface area contributed by atoms with Gasteiger partial charge in [-0.3, -0.25) is 9.59 Å². The van der Waals surface area contributed by atoms with Crippen LogP contribution in [0.3, 0.4) is 0 Å². The number of ether oxygens (including phenoxy) is 3. The molecule has 9 heteroatoms. The average molecular weight is 584 g/mol. The number of halogens is 2. The van der Waals surface area contributed by atoms with Crippen molar-refractivity contribution in [3.05, 3.63) is 86.9 Å². The van der Waals surface area contributed by atoms with E-state index in [9.17, 15) is 9.59 Å². The van der Waals surface area contributed by atoms with Crippen LogP contribution in [0.25, 0.3) is 0 Å². The highest BCUT2D eigenvalue weighted by Gasteiger charge is 2.50. The highest BCUT2D eigenvalue weighted by molar-refractivity contribution is 6.33.